The number of ether oxygens (including phenoxy) is 1. The van der Waals surface area contributed by atoms with E-state index in [9.17, 15) is 4.79 Å². The molecule has 66 valence electrons. The molecule has 1 aliphatic heterocycles. The predicted octanol–water partition coefficient (Wildman–Crippen LogP) is 2.02. The van der Waals surface area contributed by atoms with Gasteiger partial charge in [-0.25, -0.2) is 4.79 Å². The molecule has 0 atom stereocenters. The fourth-order valence-electron chi connectivity index (χ4n) is 1.40. The zero-order valence-corrected chi connectivity index (χ0v) is 7.19. The number of carbonyl (C=O) groups is 1. The third-order valence-corrected chi connectivity index (χ3v) is 2.05. The largest absolute Gasteiger partial charge is 0.462 e. The van der Waals surface area contributed by atoms with Gasteiger partial charge in [-0.15, -0.1) is 0 Å². The lowest BCUT2D eigenvalue weighted by Gasteiger charge is -2.12. The van der Waals surface area contributed by atoms with Crippen molar-refractivity contribution in [1.29, 1.82) is 0 Å². The van der Waals surface area contributed by atoms with Crippen molar-refractivity contribution >= 4 is 11.5 Å². The van der Waals surface area contributed by atoms with Crippen LogP contribution in [0.2, 0.25) is 0 Å². The highest BCUT2D eigenvalue weighted by Crippen LogP contribution is 2.20. The lowest BCUT2D eigenvalue weighted by Crippen LogP contribution is -2.09. The van der Waals surface area contributed by atoms with Gasteiger partial charge in [-0.3, -0.25) is 0 Å². The van der Waals surface area contributed by atoms with E-state index < -0.39 is 0 Å². The Balaban J connectivity index is 2.31. The van der Waals surface area contributed by atoms with Crippen LogP contribution in [0.5, 0.6) is 0 Å². The molecule has 0 unspecified atom stereocenters. The van der Waals surface area contributed by atoms with Gasteiger partial charge in [0.05, 0.1) is 6.61 Å². The van der Waals surface area contributed by atoms with Crippen LogP contribution in [0.25, 0.3) is 5.57 Å². The summed E-state index contributed by atoms with van der Waals surface area (Å²) in [6.45, 7) is 0.500. The van der Waals surface area contributed by atoms with Gasteiger partial charge in [0.2, 0.25) is 0 Å². The van der Waals surface area contributed by atoms with E-state index in [-0.39, 0.29) is 5.97 Å². The van der Waals surface area contributed by atoms with E-state index in [1.54, 1.807) is 6.08 Å². The highest BCUT2D eigenvalue weighted by molar-refractivity contribution is 5.92. The van der Waals surface area contributed by atoms with Crippen molar-refractivity contribution in [2.45, 2.75) is 6.42 Å². The first-order chi connectivity index (χ1) is 6.36. The standard InChI is InChI=1S/C11H10O2/c12-11-8-10(6-7-13-11)9-4-2-1-3-5-9/h1-5,8H,6-7H2. The van der Waals surface area contributed by atoms with Crippen molar-refractivity contribution in [3.05, 3.63) is 42.0 Å². The second kappa shape index (κ2) is 3.44. The average molecular weight is 174 g/mol. The van der Waals surface area contributed by atoms with Gasteiger partial charge in [0, 0.05) is 12.5 Å². The van der Waals surface area contributed by atoms with Gasteiger partial charge < -0.3 is 4.74 Å². The number of esters is 1. The monoisotopic (exact) mass is 174 g/mol. The van der Waals surface area contributed by atoms with E-state index in [0.29, 0.717) is 6.61 Å². The Labute approximate surface area is 76.8 Å². The van der Waals surface area contributed by atoms with E-state index in [0.717, 1.165) is 17.6 Å². The second-order valence-corrected chi connectivity index (χ2v) is 2.95. The molecule has 2 heteroatoms. The summed E-state index contributed by atoms with van der Waals surface area (Å²) in [6, 6.07) is 9.91. The lowest BCUT2D eigenvalue weighted by atomic mass is 10.0. The molecule has 0 amide bonds. The number of cyclic esters (lactones) is 1. The molecule has 0 aromatic heterocycles. The number of carbonyl (C=O) groups excluding carboxylic acids is 1. The maximum Gasteiger partial charge on any atom is 0.331 e. The minimum Gasteiger partial charge on any atom is -0.462 e. The number of hydrogen-bond donors (Lipinski definition) is 0. The van der Waals surface area contributed by atoms with Crippen LogP contribution in [0, 0.1) is 0 Å². The number of rotatable bonds is 1. The quantitative estimate of drug-likeness (QED) is 0.609. The molecule has 0 radical (unpaired) electrons. The molecule has 1 aromatic rings. The molecule has 1 aliphatic rings. The van der Waals surface area contributed by atoms with E-state index in [4.69, 9.17) is 4.74 Å². The van der Waals surface area contributed by atoms with Crippen molar-refractivity contribution in [3.8, 4) is 0 Å². The van der Waals surface area contributed by atoms with Gasteiger partial charge in [-0.2, -0.15) is 0 Å². The van der Waals surface area contributed by atoms with Crippen LogP contribution in [0.15, 0.2) is 36.4 Å². The molecule has 1 aromatic carbocycles. The minimum atomic E-state index is -0.231. The van der Waals surface area contributed by atoms with E-state index in [2.05, 4.69) is 0 Å². The number of benzene rings is 1. The van der Waals surface area contributed by atoms with Crippen LogP contribution in [-0.4, -0.2) is 12.6 Å². The van der Waals surface area contributed by atoms with Gasteiger partial charge in [0.15, 0.2) is 0 Å². The van der Waals surface area contributed by atoms with Gasteiger partial charge in [0.25, 0.3) is 0 Å². The Morgan fingerprint density at radius 3 is 2.62 bits per heavy atom. The summed E-state index contributed by atoms with van der Waals surface area (Å²) in [6.07, 6.45) is 2.38. The van der Waals surface area contributed by atoms with Crippen molar-refractivity contribution in [3.63, 3.8) is 0 Å². The third kappa shape index (κ3) is 1.78. The van der Waals surface area contributed by atoms with E-state index >= 15 is 0 Å². The summed E-state index contributed by atoms with van der Waals surface area (Å²) in [5, 5.41) is 0. The van der Waals surface area contributed by atoms with Gasteiger partial charge in [-0.1, -0.05) is 30.3 Å². The summed E-state index contributed by atoms with van der Waals surface area (Å²) >= 11 is 0. The van der Waals surface area contributed by atoms with Gasteiger partial charge in [0.1, 0.15) is 0 Å². The molecule has 0 bridgehead atoms. The van der Waals surface area contributed by atoms with Crippen molar-refractivity contribution in [2.24, 2.45) is 0 Å². The van der Waals surface area contributed by atoms with Crippen LogP contribution in [0.3, 0.4) is 0 Å². The first-order valence-corrected chi connectivity index (χ1v) is 4.29. The first-order valence-electron chi connectivity index (χ1n) is 4.29. The molecule has 2 nitrogen and oxygen atoms in total. The summed E-state index contributed by atoms with van der Waals surface area (Å²) in [5.41, 5.74) is 2.18. The molecule has 13 heavy (non-hydrogen) atoms. The Morgan fingerprint density at radius 1 is 1.15 bits per heavy atom. The van der Waals surface area contributed by atoms with Crippen molar-refractivity contribution in [2.75, 3.05) is 6.61 Å². The zero-order chi connectivity index (χ0) is 9.10. The second-order valence-electron chi connectivity index (χ2n) is 2.95. The SMILES string of the molecule is O=C1C=C(c2ccccc2)CCO1. The van der Waals surface area contributed by atoms with Crippen molar-refractivity contribution < 1.29 is 9.53 Å². The zero-order valence-electron chi connectivity index (χ0n) is 7.19. The Kier molecular flexibility index (Phi) is 2.13. The Morgan fingerprint density at radius 2 is 1.92 bits per heavy atom. The van der Waals surface area contributed by atoms with E-state index in [1.165, 1.54) is 0 Å². The fourth-order valence-corrected chi connectivity index (χ4v) is 1.40. The van der Waals surface area contributed by atoms with Gasteiger partial charge in [-0.05, 0) is 11.1 Å². The summed E-state index contributed by atoms with van der Waals surface area (Å²) < 4.78 is 4.81. The van der Waals surface area contributed by atoms with Crippen LogP contribution in [0.1, 0.15) is 12.0 Å². The molecule has 0 saturated carbocycles. The highest BCUT2D eigenvalue weighted by Gasteiger charge is 2.11. The molecule has 0 saturated heterocycles. The molecular formula is C11H10O2. The molecule has 0 aliphatic carbocycles. The smallest absolute Gasteiger partial charge is 0.331 e. The third-order valence-electron chi connectivity index (χ3n) is 2.05. The maximum absolute atomic E-state index is 10.9. The average Bonchev–Trinajstić information content (AvgIpc) is 2.19. The van der Waals surface area contributed by atoms with Crippen LogP contribution in [-0.2, 0) is 9.53 Å². The first kappa shape index (κ1) is 8.05. The Bertz CT molecular complexity index is 338. The summed E-state index contributed by atoms with van der Waals surface area (Å²) in [5.74, 6) is -0.231. The predicted molar refractivity (Wildman–Crippen MR) is 50.0 cm³/mol. The molecule has 1 heterocycles. The Hall–Kier alpha value is -1.57. The summed E-state index contributed by atoms with van der Waals surface area (Å²) in [4.78, 5) is 10.9. The fraction of sp³-hybridized carbons (Fsp3) is 0.182. The van der Waals surface area contributed by atoms with Crippen LogP contribution >= 0.6 is 0 Å². The number of hydrogen-bond acceptors (Lipinski definition) is 2. The molecule has 0 fully saturated rings. The van der Waals surface area contributed by atoms with Crippen molar-refractivity contribution in [1.82, 2.24) is 0 Å². The topological polar surface area (TPSA) is 26.3 Å². The summed E-state index contributed by atoms with van der Waals surface area (Å²) in [7, 11) is 0. The highest BCUT2D eigenvalue weighted by atomic mass is 16.5. The van der Waals surface area contributed by atoms with Gasteiger partial charge >= 0.3 is 5.97 Å². The molecule has 0 N–H and O–H groups in total. The van der Waals surface area contributed by atoms with Crippen LogP contribution in [0.4, 0.5) is 0 Å². The normalized spacial score (nSPS) is 16.3. The van der Waals surface area contributed by atoms with Crippen LogP contribution < -0.4 is 0 Å². The lowest BCUT2D eigenvalue weighted by molar-refractivity contribution is -0.138. The van der Waals surface area contributed by atoms with E-state index in [1.807, 2.05) is 30.3 Å². The molecule has 0 spiro atoms. The molecular weight excluding hydrogens is 164 g/mol. The minimum absolute atomic E-state index is 0.231. The molecule has 2 rings (SSSR count). The maximum atomic E-state index is 10.9.